The quantitative estimate of drug-likeness (QED) is 0.393. The second-order valence-corrected chi connectivity index (χ2v) is 10.6. The van der Waals surface area contributed by atoms with Gasteiger partial charge in [-0.2, -0.15) is 0 Å². The summed E-state index contributed by atoms with van der Waals surface area (Å²) in [6.45, 7) is 8.44. The molecule has 0 aliphatic carbocycles. The summed E-state index contributed by atoms with van der Waals surface area (Å²) in [6.07, 6.45) is 0. The van der Waals surface area contributed by atoms with Crippen molar-refractivity contribution in [3.8, 4) is 0 Å². The van der Waals surface area contributed by atoms with Gasteiger partial charge in [0.15, 0.2) is 15.0 Å². The van der Waals surface area contributed by atoms with E-state index in [9.17, 15) is 13.2 Å². The monoisotopic (exact) mass is 515 g/mol. The predicted molar refractivity (Wildman–Crippen MR) is 136 cm³/mol. The van der Waals surface area contributed by atoms with Crippen LogP contribution < -0.4 is 4.90 Å². The van der Waals surface area contributed by atoms with Crippen LogP contribution in [-0.2, 0) is 9.84 Å². The van der Waals surface area contributed by atoms with Crippen molar-refractivity contribution in [1.29, 1.82) is 0 Å². The van der Waals surface area contributed by atoms with Crippen LogP contribution in [0.3, 0.4) is 0 Å². The number of nitrogens with zero attached hydrogens (tertiary/aromatic N) is 3. The van der Waals surface area contributed by atoms with Gasteiger partial charge in [-0.3, -0.25) is 9.69 Å². The first-order valence-electron chi connectivity index (χ1n) is 10.2. The number of carbonyl (C=O) groups excluding carboxylic acids is 1. The lowest BCUT2D eigenvalue weighted by Gasteiger charge is -2.25. The van der Waals surface area contributed by atoms with E-state index in [1.807, 2.05) is 12.1 Å². The van der Waals surface area contributed by atoms with E-state index < -0.39 is 9.84 Å². The molecular formula is C22H27Cl2N3O3S2. The average molecular weight is 517 g/mol. The normalized spacial score (nSPS) is 11.5. The Hall–Kier alpha value is -1.71. The zero-order valence-corrected chi connectivity index (χ0v) is 21.5. The minimum Gasteiger partial charge on any atom is -0.302 e. The summed E-state index contributed by atoms with van der Waals surface area (Å²) in [7, 11) is -3.56. The Balaban J connectivity index is 0.00000363. The highest BCUT2D eigenvalue weighted by atomic mass is 35.5. The fourth-order valence-electron chi connectivity index (χ4n) is 3.30. The van der Waals surface area contributed by atoms with Gasteiger partial charge in [-0.15, -0.1) is 12.4 Å². The first-order chi connectivity index (χ1) is 14.8. The highest BCUT2D eigenvalue weighted by Crippen LogP contribution is 2.34. The predicted octanol–water partition coefficient (Wildman–Crippen LogP) is 5.15. The van der Waals surface area contributed by atoms with Gasteiger partial charge in [-0.25, -0.2) is 13.4 Å². The topological polar surface area (TPSA) is 70.6 Å². The number of para-hydroxylation sites is 1. The molecule has 1 amide bonds. The third-order valence-corrected chi connectivity index (χ3v) is 8.34. The van der Waals surface area contributed by atoms with Crippen LogP contribution >= 0.6 is 35.3 Å². The third-order valence-electron chi connectivity index (χ3n) is 5.20. The molecule has 1 heterocycles. The van der Waals surface area contributed by atoms with E-state index in [0.717, 1.165) is 17.8 Å². The SMILES string of the molecule is CCN(CC)CCN(C(=O)c1ccccc1S(=O)(=O)CC)c1nc2c(Cl)cccc2s1.Cl. The van der Waals surface area contributed by atoms with E-state index in [1.165, 1.54) is 17.4 Å². The van der Waals surface area contributed by atoms with Gasteiger partial charge < -0.3 is 4.90 Å². The van der Waals surface area contributed by atoms with E-state index in [2.05, 4.69) is 23.7 Å². The number of hydrogen-bond donors (Lipinski definition) is 0. The Morgan fingerprint density at radius 3 is 2.34 bits per heavy atom. The summed E-state index contributed by atoms with van der Waals surface area (Å²) in [5, 5.41) is 1.02. The molecule has 3 rings (SSSR count). The maximum absolute atomic E-state index is 13.7. The molecule has 0 saturated heterocycles. The van der Waals surface area contributed by atoms with Crippen molar-refractivity contribution in [2.75, 3.05) is 36.8 Å². The number of sulfone groups is 1. The molecule has 32 heavy (non-hydrogen) atoms. The highest BCUT2D eigenvalue weighted by molar-refractivity contribution is 7.91. The minimum absolute atomic E-state index is 0. The number of fused-ring (bicyclic) bond motifs is 1. The van der Waals surface area contributed by atoms with Gasteiger partial charge in [0.2, 0.25) is 0 Å². The number of anilines is 1. The van der Waals surface area contributed by atoms with Gasteiger partial charge >= 0.3 is 0 Å². The number of hydrogen-bond acceptors (Lipinski definition) is 6. The molecule has 0 aliphatic rings. The van der Waals surface area contributed by atoms with Crippen LogP contribution in [0.2, 0.25) is 5.02 Å². The van der Waals surface area contributed by atoms with Crippen molar-refractivity contribution in [3.05, 3.63) is 53.1 Å². The van der Waals surface area contributed by atoms with Crippen LogP contribution in [0.15, 0.2) is 47.4 Å². The van der Waals surface area contributed by atoms with Crippen LogP contribution in [0.4, 0.5) is 5.13 Å². The average Bonchev–Trinajstić information content (AvgIpc) is 3.22. The Bertz CT molecular complexity index is 1180. The van der Waals surface area contributed by atoms with Crippen LogP contribution in [0, 0.1) is 0 Å². The number of thiazole rings is 1. The molecule has 3 aromatic rings. The molecule has 174 valence electrons. The molecule has 0 aliphatic heterocycles. The van der Waals surface area contributed by atoms with Crippen LogP contribution in [0.5, 0.6) is 0 Å². The van der Waals surface area contributed by atoms with Crippen molar-refractivity contribution in [3.63, 3.8) is 0 Å². The Morgan fingerprint density at radius 1 is 1.03 bits per heavy atom. The number of benzene rings is 2. The molecule has 0 saturated carbocycles. The van der Waals surface area contributed by atoms with E-state index in [1.54, 1.807) is 36.1 Å². The molecule has 6 nitrogen and oxygen atoms in total. The molecule has 0 N–H and O–H groups in total. The van der Waals surface area contributed by atoms with Gasteiger partial charge in [0, 0.05) is 13.1 Å². The Labute approximate surface area is 204 Å². The van der Waals surface area contributed by atoms with Crippen LogP contribution in [-0.4, -0.2) is 56.1 Å². The van der Waals surface area contributed by atoms with Gasteiger partial charge in [-0.05, 0) is 37.4 Å². The summed E-state index contributed by atoms with van der Waals surface area (Å²) in [4.78, 5) is 22.1. The number of carbonyl (C=O) groups is 1. The first kappa shape index (κ1) is 26.5. The lowest BCUT2D eigenvalue weighted by atomic mass is 10.2. The first-order valence-corrected chi connectivity index (χ1v) is 13.1. The molecule has 0 radical (unpaired) electrons. The molecule has 0 spiro atoms. The maximum atomic E-state index is 13.7. The van der Waals surface area contributed by atoms with Crippen molar-refractivity contribution < 1.29 is 13.2 Å². The molecule has 0 atom stereocenters. The van der Waals surface area contributed by atoms with E-state index >= 15 is 0 Å². The van der Waals surface area contributed by atoms with E-state index in [4.69, 9.17) is 11.6 Å². The van der Waals surface area contributed by atoms with E-state index in [-0.39, 0.29) is 34.5 Å². The summed E-state index contributed by atoms with van der Waals surface area (Å²) in [5.41, 5.74) is 0.800. The van der Waals surface area contributed by atoms with E-state index in [0.29, 0.717) is 28.8 Å². The Kier molecular flexibility index (Phi) is 9.48. The number of rotatable bonds is 9. The van der Waals surface area contributed by atoms with Gasteiger partial charge in [0.25, 0.3) is 5.91 Å². The van der Waals surface area contributed by atoms with Crippen LogP contribution in [0.25, 0.3) is 10.2 Å². The zero-order valence-electron chi connectivity index (χ0n) is 18.2. The van der Waals surface area contributed by atoms with Crippen molar-refractivity contribution in [2.24, 2.45) is 0 Å². The van der Waals surface area contributed by atoms with Crippen molar-refractivity contribution in [2.45, 2.75) is 25.7 Å². The largest absolute Gasteiger partial charge is 0.302 e. The van der Waals surface area contributed by atoms with Gasteiger partial charge in [0.05, 0.1) is 25.9 Å². The van der Waals surface area contributed by atoms with Gasteiger partial charge in [0.1, 0.15) is 5.52 Å². The Morgan fingerprint density at radius 2 is 1.72 bits per heavy atom. The fraction of sp³-hybridized carbons (Fsp3) is 0.364. The van der Waals surface area contributed by atoms with Crippen molar-refractivity contribution >= 4 is 66.4 Å². The number of likely N-dealkylation sites (N-methyl/N-ethyl adjacent to an activating group) is 1. The number of amides is 1. The fourth-order valence-corrected chi connectivity index (χ4v) is 5.68. The zero-order chi connectivity index (χ0) is 22.6. The highest BCUT2D eigenvalue weighted by Gasteiger charge is 2.27. The van der Waals surface area contributed by atoms with Crippen molar-refractivity contribution in [1.82, 2.24) is 9.88 Å². The minimum atomic E-state index is -3.56. The molecule has 0 bridgehead atoms. The standard InChI is InChI=1S/C22H26ClN3O3S2.ClH/c1-4-25(5-2)14-15-26(22-24-20-17(23)11-9-12-18(20)30-22)21(27)16-10-7-8-13-19(16)31(28,29)6-3;/h7-13H,4-6,14-15H2,1-3H3;1H. The summed E-state index contributed by atoms with van der Waals surface area (Å²) in [5.74, 6) is -0.456. The second kappa shape index (κ2) is 11.4. The molecule has 0 fully saturated rings. The number of halogens is 2. The second-order valence-electron chi connectivity index (χ2n) is 6.97. The summed E-state index contributed by atoms with van der Waals surface area (Å²) >= 11 is 7.67. The third kappa shape index (κ3) is 5.61. The van der Waals surface area contributed by atoms with Gasteiger partial charge in [-0.1, -0.05) is 61.9 Å². The lowest BCUT2D eigenvalue weighted by molar-refractivity contribution is 0.0980. The smallest absolute Gasteiger partial charge is 0.261 e. The molecule has 0 unspecified atom stereocenters. The molecule has 1 aromatic heterocycles. The number of aromatic nitrogens is 1. The summed E-state index contributed by atoms with van der Waals surface area (Å²) < 4.78 is 26.1. The summed E-state index contributed by atoms with van der Waals surface area (Å²) in [6, 6.07) is 11.9. The molecule has 2 aromatic carbocycles. The lowest BCUT2D eigenvalue weighted by Crippen LogP contribution is -2.39. The van der Waals surface area contributed by atoms with Crippen LogP contribution in [0.1, 0.15) is 31.1 Å². The maximum Gasteiger partial charge on any atom is 0.261 e. The molecule has 10 heteroatoms. The molecular weight excluding hydrogens is 489 g/mol.